The summed E-state index contributed by atoms with van der Waals surface area (Å²) in [7, 11) is 0. The predicted molar refractivity (Wildman–Crippen MR) is 66.3 cm³/mol. The second-order valence-corrected chi connectivity index (χ2v) is 3.92. The number of rotatable bonds is 2. The molecule has 0 heterocycles. The highest BCUT2D eigenvalue weighted by atomic mass is 19.4. The van der Waals surface area contributed by atoms with Gasteiger partial charge in [0.1, 0.15) is 0 Å². The van der Waals surface area contributed by atoms with Gasteiger partial charge in [-0.05, 0) is 35.6 Å². The number of hydrogen-bond acceptors (Lipinski definition) is 0. The average Bonchev–Trinajstić information content (AvgIpc) is 2.29. The molecule has 0 saturated carbocycles. The zero-order valence-electron chi connectivity index (χ0n) is 11.2. The molecular formula is C14H21F3. The maximum atomic E-state index is 12.4. The molecule has 0 atom stereocenters. The van der Waals surface area contributed by atoms with Crippen LogP contribution >= 0.6 is 0 Å². The number of alkyl halides is 3. The lowest BCUT2D eigenvalue weighted by Crippen LogP contribution is -2.07. The molecular weight excluding hydrogens is 225 g/mol. The van der Waals surface area contributed by atoms with Crippen LogP contribution in [-0.4, -0.2) is 0 Å². The summed E-state index contributed by atoms with van der Waals surface area (Å²) in [5.74, 6) is 0.266. The van der Waals surface area contributed by atoms with Gasteiger partial charge in [-0.25, -0.2) is 0 Å². The fourth-order valence-electron chi connectivity index (χ4n) is 1.65. The van der Waals surface area contributed by atoms with Crippen molar-refractivity contribution < 1.29 is 13.2 Å². The van der Waals surface area contributed by atoms with Gasteiger partial charge in [0, 0.05) is 0 Å². The Morgan fingerprint density at radius 1 is 1.12 bits per heavy atom. The fourth-order valence-corrected chi connectivity index (χ4v) is 1.65. The molecule has 1 aromatic carbocycles. The fraction of sp³-hybridized carbons (Fsp3) is 0.571. The Balaban J connectivity index is 0.00000121. The van der Waals surface area contributed by atoms with E-state index in [9.17, 15) is 13.2 Å². The van der Waals surface area contributed by atoms with E-state index < -0.39 is 11.7 Å². The lowest BCUT2D eigenvalue weighted by Gasteiger charge is -2.14. The third-order valence-corrected chi connectivity index (χ3v) is 2.47. The minimum absolute atomic E-state index is 0.266. The van der Waals surface area contributed by atoms with Crippen molar-refractivity contribution in [2.24, 2.45) is 0 Å². The van der Waals surface area contributed by atoms with Crippen molar-refractivity contribution in [2.45, 2.75) is 53.1 Å². The van der Waals surface area contributed by atoms with Gasteiger partial charge in [0.05, 0.1) is 5.56 Å². The zero-order chi connectivity index (χ0) is 13.6. The van der Waals surface area contributed by atoms with Crippen molar-refractivity contribution in [3.8, 4) is 0 Å². The molecule has 1 rings (SSSR count). The van der Waals surface area contributed by atoms with E-state index in [1.807, 2.05) is 34.6 Å². The summed E-state index contributed by atoms with van der Waals surface area (Å²) in [6.45, 7) is 9.85. The Morgan fingerprint density at radius 2 is 1.65 bits per heavy atom. The Bertz CT molecular complexity index is 338. The molecule has 0 bridgehead atoms. The van der Waals surface area contributed by atoms with Crippen LogP contribution in [0.2, 0.25) is 0 Å². The first-order valence-electron chi connectivity index (χ1n) is 6.06. The molecule has 17 heavy (non-hydrogen) atoms. The Morgan fingerprint density at radius 3 is 2.00 bits per heavy atom. The molecule has 0 nitrogen and oxygen atoms in total. The molecule has 0 unspecified atom stereocenters. The first kappa shape index (κ1) is 16.0. The van der Waals surface area contributed by atoms with Crippen LogP contribution in [0.4, 0.5) is 13.2 Å². The van der Waals surface area contributed by atoms with E-state index in [4.69, 9.17) is 0 Å². The van der Waals surface area contributed by atoms with E-state index in [0.29, 0.717) is 6.42 Å². The molecule has 0 N–H and O–H groups in total. The number of aryl methyl sites for hydroxylation is 1. The molecule has 0 radical (unpaired) electrons. The maximum absolute atomic E-state index is 12.4. The molecule has 0 aliphatic rings. The Kier molecular flexibility index (Phi) is 6.29. The minimum Gasteiger partial charge on any atom is -0.166 e. The van der Waals surface area contributed by atoms with Crippen molar-refractivity contribution >= 4 is 0 Å². The molecule has 0 aliphatic heterocycles. The zero-order valence-corrected chi connectivity index (χ0v) is 11.2. The van der Waals surface area contributed by atoms with Gasteiger partial charge >= 0.3 is 6.18 Å². The summed E-state index contributed by atoms with van der Waals surface area (Å²) in [6, 6.07) is 4.01. The van der Waals surface area contributed by atoms with Gasteiger partial charge < -0.3 is 0 Å². The highest BCUT2D eigenvalue weighted by Gasteiger charge is 2.30. The summed E-state index contributed by atoms with van der Waals surface area (Å²) in [6.07, 6.45) is -3.60. The van der Waals surface area contributed by atoms with E-state index in [2.05, 4.69) is 0 Å². The molecule has 0 aliphatic carbocycles. The molecule has 1 aromatic rings. The van der Waals surface area contributed by atoms with Gasteiger partial charge in [-0.1, -0.05) is 40.7 Å². The Hall–Kier alpha value is -0.990. The van der Waals surface area contributed by atoms with Gasteiger partial charge in [0.2, 0.25) is 0 Å². The molecule has 0 amide bonds. The number of hydrogen-bond donors (Lipinski definition) is 0. The van der Waals surface area contributed by atoms with Gasteiger partial charge in [0.15, 0.2) is 0 Å². The first-order valence-corrected chi connectivity index (χ1v) is 6.06. The number of benzene rings is 1. The smallest absolute Gasteiger partial charge is 0.166 e. The van der Waals surface area contributed by atoms with Crippen LogP contribution in [0.5, 0.6) is 0 Å². The second kappa shape index (κ2) is 6.67. The summed E-state index contributed by atoms with van der Waals surface area (Å²) in [5.41, 5.74) is 1.24. The van der Waals surface area contributed by atoms with E-state index >= 15 is 0 Å². The van der Waals surface area contributed by atoms with Crippen LogP contribution < -0.4 is 0 Å². The van der Waals surface area contributed by atoms with Crippen molar-refractivity contribution in [2.75, 3.05) is 0 Å². The van der Waals surface area contributed by atoms with Gasteiger partial charge in [-0.15, -0.1) is 0 Å². The molecule has 0 spiro atoms. The lowest BCUT2D eigenvalue weighted by molar-refractivity contribution is -0.137. The van der Waals surface area contributed by atoms with E-state index in [1.165, 1.54) is 6.07 Å². The highest BCUT2D eigenvalue weighted by molar-refractivity contribution is 5.35. The van der Waals surface area contributed by atoms with Crippen LogP contribution in [0.15, 0.2) is 18.2 Å². The number of halogens is 3. The van der Waals surface area contributed by atoms with Crippen molar-refractivity contribution in [1.29, 1.82) is 0 Å². The lowest BCUT2D eigenvalue weighted by atomic mass is 9.94. The van der Waals surface area contributed by atoms with Crippen LogP contribution in [0.25, 0.3) is 0 Å². The predicted octanol–water partition coefficient (Wildman–Crippen LogP) is 5.42. The summed E-state index contributed by atoms with van der Waals surface area (Å²) >= 11 is 0. The molecule has 0 saturated heterocycles. The van der Waals surface area contributed by atoms with E-state index in [-0.39, 0.29) is 5.92 Å². The second-order valence-electron chi connectivity index (χ2n) is 3.92. The Labute approximate surface area is 102 Å². The molecule has 3 heteroatoms. The third-order valence-electron chi connectivity index (χ3n) is 2.47. The molecule has 98 valence electrons. The monoisotopic (exact) mass is 246 g/mol. The molecule has 0 fully saturated rings. The van der Waals surface area contributed by atoms with E-state index in [0.717, 1.165) is 17.2 Å². The normalized spacial score (nSPS) is 11.1. The van der Waals surface area contributed by atoms with Crippen LogP contribution in [0.1, 0.15) is 57.2 Å². The van der Waals surface area contributed by atoms with Gasteiger partial charge in [-0.2, -0.15) is 13.2 Å². The van der Waals surface area contributed by atoms with Crippen LogP contribution in [0.3, 0.4) is 0 Å². The summed E-state index contributed by atoms with van der Waals surface area (Å²) in [5, 5.41) is 0. The first-order chi connectivity index (χ1) is 7.86. The van der Waals surface area contributed by atoms with Crippen molar-refractivity contribution in [3.05, 3.63) is 34.9 Å². The standard InChI is InChI=1S/C12H15F3.C2H6/c1-4-9-7-10(12(13,14)15)5-6-11(9)8(2)3;1-2/h5-8H,4H2,1-3H3;1-2H3. The third kappa shape index (κ3) is 4.41. The van der Waals surface area contributed by atoms with Gasteiger partial charge in [0.25, 0.3) is 0 Å². The van der Waals surface area contributed by atoms with Crippen molar-refractivity contribution in [1.82, 2.24) is 0 Å². The highest BCUT2D eigenvalue weighted by Crippen LogP contribution is 2.32. The summed E-state index contributed by atoms with van der Waals surface area (Å²) in [4.78, 5) is 0. The van der Waals surface area contributed by atoms with Crippen LogP contribution in [0, 0.1) is 0 Å². The quantitative estimate of drug-likeness (QED) is 0.653. The largest absolute Gasteiger partial charge is 0.416 e. The van der Waals surface area contributed by atoms with Crippen LogP contribution in [-0.2, 0) is 12.6 Å². The van der Waals surface area contributed by atoms with Crippen molar-refractivity contribution in [3.63, 3.8) is 0 Å². The maximum Gasteiger partial charge on any atom is 0.416 e. The molecule has 0 aromatic heterocycles. The SMILES string of the molecule is CC.CCc1cc(C(F)(F)F)ccc1C(C)C. The van der Waals surface area contributed by atoms with Gasteiger partial charge in [-0.3, -0.25) is 0 Å². The minimum atomic E-state index is -4.24. The summed E-state index contributed by atoms with van der Waals surface area (Å²) < 4.78 is 37.3. The topological polar surface area (TPSA) is 0 Å². The van der Waals surface area contributed by atoms with E-state index in [1.54, 1.807) is 6.07 Å². The average molecular weight is 246 g/mol.